The van der Waals surface area contributed by atoms with Gasteiger partial charge in [-0.2, -0.15) is 0 Å². The van der Waals surface area contributed by atoms with Gasteiger partial charge >= 0.3 is 12.1 Å². The number of aryl methyl sites for hydroxylation is 1. The molecule has 2 aromatic rings. The molecule has 0 bridgehead atoms. The molecule has 5 nitrogen and oxygen atoms in total. The molecule has 0 saturated heterocycles. The maximum absolute atomic E-state index is 14.8. The highest BCUT2D eigenvalue weighted by atomic mass is 19.1. The highest BCUT2D eigenvalue weighted by Gasteiger charge is 2.29. The van der Waals surface area contributed by atoms with Gasteiger partial charge in [0.15, 0.2) is 0 Å². The number of carbonyl (C=O) groups excluding carboxylic acids is 2. The van der Waals surface area contributed by atoms with Crippen molar-refractivity contribution < 1.29 is 23.5 Å². The first kappa shape index (κ1) is 23.4. The fourth-order valence-electron chi connectivity index (χ4n) is 3.14. The molecule has 0 unspecified atom stereocenters. The molecule has 2 aromatic carbocycles. The molecular formula is C24H30FNO4. The van der Waals surface area contributed by atoms with Gasteiger partial charge < -0.3 is 14.8 Å². The third-order valence-corrected chi connectivity index (χ3v) is 4.51. The minimum Gasteiger partial charge on any atom is -0.460 e. The van der Waals surface area contributed by atoms with E-state index in [2.05, 4.69) is 5.32 Å². The smallest absolute Gasteiger partial charge is 0.408 e. The number of halogens is 1. The van der Waals surface area contributed by atoms with Gasteiger partial charge in [-0.15, -0.1) is 0 Å². The average Bonchev–Trinajstić information content (AvgIpc) is 2.63. The van der Waals surface area contributed by atoms with Crippen LogP contribution in [0.5, 0.6) is 0 Å². The first-order chi connectivity index (χ1) is 14.0. The van der Waals surface area contributed by atoms with Crippen molar-refractivity contribution in [3.8, 4) is 0 Å². The molecule has 1 N–H and O–H groups in total. The molecule has 0 fully saturated rings. The molecule has 162 valence electrons. The molecule has 0 spiro atoms. The Balaban J connectivity index is 2.19. The van der Waals surface area contributed by atoms with Crippen molar-refractivity contribution in [2.75, 3.05) is 0 Å². The van der Waals surface area contributed by atoms with Gasteiger partial charge in [0.2, 0.25) is 0 Å². The number of alkyl carbamates (subject to hydrolysis) is 1. The van der Waals surface area contributed by atoms with E-state index in [1.165, 1.54) is 13.0 Å². The van der Waals surface area contributed by atoms with E-state index in [1.807, 2.05) is 43.3 Å². The van der Waals surface area contributed by atoms with E-state index in [1.54, 1.807) is 33.8 Å². The number of amides is 1. The number of rotatable bonds is 6. The van der Waals surface area contributed by atoms with Crippen molar-refractivity contribution in [3.63, 3.8) is 0 Å². The summed E-state index contributed by atoms with van der Waals surface area (Å²) in [7, 11) is 0. The van der Waals surface area contributed by atoms with E-state index in [0.29, 0.717) is 5.56 Å². The first-order valence-corrected chi connectivity index (χ1v) is 9.99. The van der Waals surface area contributed by atoms with Crippen molar-refractivity contribution in [2.45, 2.75) is 65.2 Å². The van der Waals surface area contributed by atoms with E-state index in [9.17, 15) is 14.0 Å². The number of carbonyl (C=O) groups is 2. The summed E-state index contributed by atoms with van der Waals surface area (Å²) < 4.78 is 25.6. The highest BCUT2D eigenvalue weighted by molar-refractivity contribution is 5.81. The molecule has 0 aliphatic rings. The zero-order chi connectivity index (χ0) is 22.5. The van der Waals surface area contributed by atoms with Crippen LogP contribution >= 0.6 is 0 Å². The third kappa shape index (κ3) is 6.58. The van der Waals surface area contributed by atoms with Gasteiger partial charge in [-0.1, -0.05) is 42.5 Å². The number of esters is 1. The standard InChI is InChI=1S/C24H30FNO4/c1-15-12-13-19(20(25)14-15)21(18-10-8-7-9-11-18)17(3)29-22(27)16(2)26-23(28)30-24(4,5)6/h7-14,16-17,21H,1-6H3,(H,26,28)/t16-,17-,21+/m0/s1. The second kappa shape index (κ2) is 9.74. The summed E-state index contributed by atoms with van der Waals surface area (Å²) in [6, 6.07) is 13.4. The van der Waals surface area contributed by atoms with Crippen molar-refractivity contribution >= 4 is 12.1 Å². The molecule has 0 saturated carbocycles. The van der Waals surface area contributed by atoms with Crippen LogP contribution in [0.15, 0.2) is 48.5 Å². The zero-order valence-corrected chi connectivity index (χ0v) is 18.4. The van der Waals surface area contributed by atoms with Crippen LogP contribution < -0.4 is 5.32 Å². The van der Waals surface area contributed by atoms with Gasteiger partial charge in [0.1, 0.15) is 23.6 Å². The molecule has 2 rings (SSSR count). The van der Waals surface area contributed by atoms with Crippen LogP contribution in [-0.2, 0) is 14.3 Å². The van der Waals surface area contributed by atoms with Crippen LogP contribution in [0.4, 0.5) is 9.18 Å². The maximum Gasteiger partial charge on any atom is 0.408 e. The lowest BCUT2D eigenvalue weighted by Gasteiger charge is -2.27. The van der Waals surface area contributed by atoms with Crippen LogP contribution in [0, 0.1) is 12.7 Å². The fraction of sp³-hybridized carbons (Fsp3) is 0.417. The molecule has 6 heteroatoms. The Morgan fingerprint density at radius 2 is 1.67 bits per heavy atom. The predicted molar refractivity (Wildman–Crippen MR) is 114 cm³/mol. The largest absolute Gasteiger partial charge is 0.460 e. The van der Waals surface area contributed by atoms with Gasteiger partial charge in [-0.05, 0) is 64.3 Å². The van der Waals surface area contributed by atoms with Crippen LogP contribution in [0.2, 0.25) is 0 Å². The summed E-state index contributed by atoms with van der Waals surface area (Å²) in [6.07, 6.45) is -1.37. The monoisotopic (exact) mass is 415 g/mol. The van der Waals surface area contributed by atoms with E-state index in [-0.39, 0.29) is 5.82 Å². The Morgan fingerprint density at radius 1 is 1.03 bits per heavy atom. The Kier molecular flexibility index (Phi) is 7.59. The Bertz CT molecular complexity index is 877. The second-order valence-corrected chi connectivity index (χ2v) is 8.42. The SMILES string of the molecule is Cc1ccc([C@@H](c2ccccc2)[C@H](C)OC(=O)[C@H](C)NC(=O)OC(C)(C)C)c(F)c1. The molecule has 0 radical (unpaired) electrons. The Hall–Kier alpha value is -2.89. The van der Waals surface area contributed by atoms with Crippen LogP contribution in [0.25, 0.3) is 0 Å². The average molecular weight is 416 g/mol. The van der Waals surface area contributed by atoms with Gasteiger partial charge in [-0.3, -0.25) is 0 Å². The number of benzene rings is 2. The summed E-state index contributed by atoms with van der Waals surface area (Å²) in [6.45, 7) is 10.3. The van der Waals surface area contributed by atoms with E-state index in [4.69, 9.17) is 9.47 Å². The normalized spacial score (nSPS) is 14.4. The Morgan fingerprint density at radius 3 is 2.23 bits per heavy atom. The van der Waals surface area contributed by atoms with Crippen molar-refractivity contribution in [1.29, 1.82) is 0 Å². The zero-order valence-electron chi connectivity index (χ0n) is 18.4. The lowest BCUT2D eigenvalue weighted by atomic mass is 9.86. The minimum absolute atomic E-state index is 0.355. The molecule has 30 heavy (non-hydrogen) atoms. The van der Waals surface area contributed by atoms with Gasteiger partial charge in [0.05, 0.1) is 0 Å². The third-order valence-electron chi connectivity index (χ3n) is 4.51. The number of hydrogen-bond donors (Lipinski definition) is 1. The van der Waals surface area contributed by atoms with Crippen molar-refractivity contribution in [1.82, 2.24) is 5.32 Å². The highest BCUT2D eigenvalue weighted by Crippen LogP contribution is 2.32. The maximum atomic E-state index is 14.8. The second-order valence-electron chi connectivity index (χ2n) is 8.42. The quantitative estimate of drug-likeness (QED) is 0.666. The van der Waals surface area contributed by atoms with Gasteiger partial charge in [0, 0.05) is 5.92 Å². The van der Waals surface area contributed by atoms with Crippen LogP contribution in [0.3, 0.4) is 0 Å². The minimum atomic E-state index is -0.915. The van der Waals surface area contributed by atoms with Gasteiger partial charge in [0.25, 0.3) is 0 Å². The topological polar surface area (TPSA) is 64.6 Å². The summed E-state index contributed by atoms with van der Waals surface area (Å²) in [5, 5.41) is 2.47. The summed E-state index contributed by atoms with van der Waals surface area (Å²) in [5.74, 6) is -1.47. The number of hydrogen-bond acceptors (Lipinski definition) is 4. The molecular weight excluding hydrogens is 385 g/mol. The molecule has 3 atom stereocenters. The van der Waals surface area contributed by atoms with Gasteiger partial charge in [-0.25, -0.2) is 14.0 Å². The molecule has 0 aliphatic carbocycles. The lowest BCUT2D eigenvalue weighted by molar-refractivity contribution is -0.151. The summed E-state index contributed by atoms with van der Waals surface area (Å²) in [4.78, 5) is 24.5. The summed E-state index contributed by atoms with van der Waals surface area (Å²) >= 11 is 0. The number of nitrogens with one attached hydrogen (secondary N) is 1. The van der Waals surface area contributed by atoms with Crippen LogP contribution in [0.1, 0.15) is 57.2 Å². The summed E-state index contributed by atoms with van der Waals surface area (Å²) in [5.41, 5.74) is 1.40. The first-order valence-electron chi connectivity index (χ1n) is 9.99. The van der Waals surface area contributed by atoms with E-state index < -0.39 is 35.7 Å². The predicted octanol–water partition coefficient (Wildman–Crippen LogP) is 5.11. The molecule has 0 aliphatic heterocycles. The van der Waals surface area contributed by atoms with Crippen molar-refractivity contribution in [2.24, 2.45) is 0 Å². The lowest BCUT2D eigenvalue weighted by Crippen LogP contribution is -2.43. The van der Waals surface area contributed by atoms with Crippen LogP contribution in [-0.4, -0.2) is 29.8 Å². The molecule has 0 heterocycles. The van der Waals surface area contributed by atoms with E-state index in [0.717, 1.165) is 11.1 Å². The van der Waals surface area contributed by atoms with E-state index >= 15 is 0 Å². The molecule has 1 amide bonds. The number of ether oxygens (including phenoxy) is 2. The van der Waals surface area contributed by atoms with Crippen molar-refractivity contribution in [3.05, 3.63) is 71.0 Å². The Labute approximate surface area is 177 Å². The molecule has 0 aromatic heterocycles. The fourth-order valence-corrected chi connectivity index (χ4v) is 3.14.